The van der Waals surface area contributed by atoms with E-state index in [4.69, 9.17) is 9.90 Å². The normalized spacial score (nSPS) is 14.2. The molecule has 0 amide bonds. The number of aromatic nitrogens is 2. The summed E-state index contributed by atoms with van der Waals surface area (Å²) in [6.07, 6.45) is -0.0531. The summed E-state index contributed by atoms with van der Waals surface area (Å²) in [5, 5.41) is 22.2. The number of anilines is 1. The van der Waals surface area contributed by atoms with Gasteiger partial charge in [0.1, 0.15) is 5.69 Å². The molecule has 0 fully saturated rings. The smallest absolute Gasteiger partial charge is 0.475 e. The first kappa shape index (κ1) is 18.5. The van der Waals surface area contributed by atoms with E-state index in [9.17, 15) is 23.3 Å². The molecule has 0 radical (unpaired) electrons. The molecule has 2 rings (SSSR count). The van der Waals surface area contributed by atoms with Crippen molar-refractivity contribution in [3.8, 4) is 0 Å². The molecule has 1 aliphatic rings. The Morgan fingerprint density at radius 2 is 2.00 bits per heavy atom. The van der Waals surface area contributed by atoms with Gasteiger partial charge in [0.15, 0.2) is 0 Å². The Morgan fingerprint density at radius 1 is 1.43 bits per heavy atom. The van der Waals surface area contributed by atoms with Gasteiger partial charge in [0.05, 0.1) is 4.92 Å². The standard InChI is InChI=1S/C10H14N4O2.C2HF3O2/c1-8-9(14(15)16)10(12(2)11-8)13-6-4-3-5-7-13;3-2(4,5)1(6)7/h3-4H,5-7H2,1-2H3;(H,6,7). The lowest BCUT2D eigenvalue weighted by Crippen LogP contribution is -2.29. The van der Waals surface area contributed by atoms with Crippen LogP contribution in [0.15, 0.2) is 12.2 Å². The second-order valence-electron chi connectivity index (χ2n) is 4.65. The molecule has 0 unspecified atom stereocenters. The number of halogens is 3. The van der Waals surface area contributed by atoms with Gasteiger partial charge in [-0.25, -0.2) is 9.48 Å². The van der Waals surface area contributed by atoms with E-state index in [2.05, 4.69) is 11.2 Å². The highest BCUT2D eigenvalue weighted by Gasteiger charge is 2.38. The zero-order chi connectivity index (χ0) is 17.8. The zero-order valence-corrected chi connectivity index (χ0v) is 12.4. The summed E-state index contributed by atoms with van der Waals surface area (Å²) in [7, 11) is 1.74. The summed E-state index contributed by atoms with van der Waals surface area (Å²) < 4.78 is 33.3. The number of carboxylic acids is 1. The fourth-order valence-corrected chi connectivity index (χ4v) is 2.04. The van der Waals surface area contributed by atoms with E-state index < -0.39 is 12.1 Å². The van der Waals surface area contributed by atoms with Crippen molar-refractivity contribution in [3.05, 3.63) is 28.0 Å². The topological polar surface area (TPSA) is 102 Å². The molecule has 0 atom stereocenters. The fourth-order valence-electron chi connectivity index (χ4n) is 2.04. The van der Waals surface area contributed by atoms with Crippen LogP contribution in [0, 0.1) is 17.0 Å². The van der Waals surface area contributed by atoms with Crippen molar-refractivity contribution in [1.82, 2.24) is 9.78 Å². The zero-order valence-electron chi connectivity index (χ0n) is 12.4. The number of carbonyl (C=O) groups is 1. The number of hydrogen-bond acceptors (Lipinski definition) is 5. The third-order valence-corrected chi connectivity index (χ3v) is 2.94. The van der Waals surface area contributed by atoms with Crippen LogP contribution < -0.4 is 4.90 Å². The van der Waals surface area contributed by atoms with Gasteiger partial charge in [0.25, 0.3) is 0 Å². The van der Waals surface area contributed by atoms with Crippen molar-refractivity contribution in [2.75, 3.05) is 18.0 Å². The summed E-state index contributed by atoms with van der Waals surface area (Å²) in [5.41, 5.74) is 0.592. The lowest BCUT2D eigenvalue weighted by molar-refractivity contribution is -0.384. The maximum absolute atomic E-state index is 11.0. The highest BCUT2D eigenvalue weighted by molar-refractivity contribution is 5.73. The molecule has 1 N–H and O–H groups in total. The number of nitrogens with zero attached hydrogens (tertiary/aromatic N) is 4. The molecule has 0 saturated heterocycles. The predicted octanol–water partition coefficient (Wildman–Crippen LogP) is 2.04. The summed E-state index contributed by atoms with van der Waals surface area (Å²) >= 11 is 0. The lowest BCUT2D eigenvalue weighted by atomic mass is 10.2. The molecule has 1 aliphatic heterocycles. The van der Waals surface area contributed by atoms with E-state index in [0.717, 1.165) is 13.0 Å². The van der Waals surface area contributed by atoms with Gasteiger partial charge in [0, 0.05) is 20.1 Å². The first-order valence-corrected chi connectivity index (χ1v) is 6.43. The van der Waals surface area contributed by atoms with Crippen LogP contribution >= 0.6 is 0 Å². The summed E-state index contributed by atoms with van der Waals surface area (Å²) in [4.78, 5) is 21.5. The van der Waals surface area contributed by atoms with Crippen molar-refractivity contribution < 1.29 is 28.0 Å². The molecule has 0 aliphatic carbocycles. The highest BCUT2D eigenvalue weighted by atomic mass is 19.4. The maximum Gasteiger partial charge on any atom is 0.490 e. The molecule has 0 aromatic carbocycles. The average molecular weight is 336 g/mol. The van der Waals surface area contributed by atoms with Gasteiger partial charge in [-0.3, -0.25) is 10.1 Å². The van der Waals surface area contributed by atoms with Crippen LogP contribution in [-0.4, -0.2) is 45.0 Å². The Kier molecular flexibility index (Phi) is 5.71. The van der Waals surface area contributed by atoms with E-state index in [0.29, 0.717) is 18.1 Å². The first-order chi connectivity index (χ1) is 10.6. The Balaban J connectivity index is 0.000000322. The van der Waals surface area contributed by atoms with Gasteiger partial charge in [-0.1, -0.05) is 12.2 Å². The third kappa shape index (κ3) is 4.69. The fraction of sp³-hybridized carbons (Fsp3) is 0.500. The quantitative estimate of drug-likeness (QED) is 0.504. The van der Waals surface area contributed by atoms with Crippen molar-refractivity contribution in [1.29, 1.82) is 0 Å². The van der Waals surface area contributed by atoms with E-state index in [-0.39, 0.29) is 10.6 Å². The minimum Gasteiger partial charge on any atom is -0.475 e. The number of nitro groups is 1. The second kappa shape index (κ2) is 7.11. The monoisotopic (exact) mass is 336 g/mol. The predicted molar refractivity (Wildman–Crippen MR) is 74.3 cm³/mol. The van der Waals surface area contributed by atoms with Gasteiger partial charge in [-0.15, -0.1) is 0 Å². The molecule has 0 bridgehead atoms. The lowest BCUT2D eigenvalue weighted by Gasteiger charge is -2.24. The maximum atomic E-state index is 11.0. The first-order valence-electron chi connectivity index (χ1n) is 6.43. The van der Waals surface area contributed by atoms with Crippen molar-refractivity contribution >= 4 is 17.5 Å². The molecule has 128 valence electrons. The van der Waals surface area contributed by atoms with E-state index in [1.807, 2.05) is 11.0 Å². The molecule has 0 spiro atoms. The van der Waals surface area contributed by atoms with Crippen molar-refractivity contribution in [2.24, 2.45) is 7.05 Å². The molecule has 23 heavy (non-hydrogen) atoms. The molecular formula is C12H15F3N4O4. The second-order valence-corrected chi connectivity index (χ2v) is 4.65. The van der Waals surface area contributed by atoms with Crippen molar-refractivity contribution in [2.45, 2.75) is 19.5 Å². The van der Waals surface area contributed by atoms with Gasteiger partial charge in [-0.2, -0.15) is 18.3 Å². The summed E-state index contributed by atoms with van der Waals surface area (Å²) in [6.45, 7) is 3.18. The van der Waals surface area contributed by atoms with Crippen LogP contribution in [0.1, 0.15) is 12.1 Å². The SMILES string of the molecule is Cc1nn(C)c(N2CC=CCC2)c1[N+](=O)[O-].O=C(O)C(F)(F)F. The highest BCUT2D eigenvalue weighted by Crippen LogP contribution is 2.31. The van der Waals surface area contributed by atoms with Crippen LogP contribution in [0.25, 0.3) is 0 Å². The Bertz CT molecular complexity index is 625. The average Bonchev–Trinajstić information content (AvgIpc) is 2.74. The largest absolute Gasteiger partial charge is 0.490 e. The number of aliphatic carboxylic acids is 1. The van der Waals surface area contributed by atoms with Crippen LogP contribution in [0.4, 0.5) is 24.7 Å². The van der Waals surface area contributed by atoms with Crippen LogP contribution in [0.5, 0.6) is 0 Å². The van der Waals surface area contributed by atoms with E-state index in [1.165, 1.54) is 0 Å². The molecule has 0 saturated carbocycles. The van der Waals surface area contributed by atoms with Gasteiger partial charge < -0.3 is 10.0 Å². The minimum absolute atomic E-state index is 0.123. The van der Waals surface area contributed by atoms with Crippen molar-refractivity contribution in [3.63, 3.8) is 0 Å². The van der Waals surface area contributed by atoms with Crippen LogP contribution in [0.2, 0.25) is 0 Å². The number of alkyl halides is 3. The Hall–Kier alpha value is -2.59. The Labute approximate surface area is 128 Å². The number of rotatable bonds is 2. The van der Waals surface area contributed by atoms with E-state index >= 15 is 0 Å². The summed E-state index contributed by atoms with van der Waals surface area (Å²) in [6, 6.07) is 0. The number of aryl methyl sites for hydroxylation is 2. The molecule has 2 heterocycles. The minimum atomic E-state index is -5.08. The van der Waals surface area contributed by atoms with Gasteiger partial charge in [0.2, 0.25) is 5.82 Å². The molecular weight excluding hydrogens is 321 g/mol. The van der Waals surface area contributed by atoms with Gasteiger partial charge >= 0.3 is 17.8 Å². The Morgan fingerprint density at radius 3 is 2.39 bits per heavy atom. The van der Waals surface area contributed by atoms with Gasteiger partial charge in [-0.05, 0) is 13.3 Å². The third-order valence-electron chi connectivity index (χ3n) is 2.94. The van der Waals surface area contributed by atoms with Crippen LogP contribution in [0.3, 0.4) is 0 Å². The number of carboxylic acid groups (broad SMARTS) is 1. The molecule has 11 heteroatoms. The molecule has 8 nitrogen and oxygen atoms in total. The molecule has 1 aromatic heterocycles. The number of hydrogen-bond donors (Lipinski definition) is 1. The summed E-state index contributed by atoms with van der Waals surface area (Å²) in [5.74, 6) is -2.15. The van der Waals surface area contributed by atoms with Crippen LogP contribution in [-0.2, 0) is 11.8 Å². The van der Waals surface area contributed by atoms with E-state index in [1.54, 1.807) is 18.7 Å². The molecule has 1 aromatic rings.